The molecule has 0 saturated heterocycles. The molecule has 0 aliphatic heterocycles. The van der Waals surface area contributed by atoms with Crippen molar-refractivity contribution in [1.82, 2.24) is 16.2 Å². The lowest BCUT2D eigenvalue weighted by atomic mass is 10.3. The highest BCUT2D eigenvalue weighted by molar-refractivity contribution is 7.80. The molecule has 2 aromatic rings. The predicted octanol–water partition coefficient (Wildman–Crippen LogP) is 3.16. The van der Waals surface area contributed by atoms with Crippen LogP contribution in [0.15, 0.2) is 54.6 Å². The topological polar surface area (TPSA) is 57.3 Å². The molecule has 5 nitrogen and oxygen atoms in total. The van der Waals surface area contributed by atoms with Crippen LogP contribution in [0.3, 0.4) is 0 Å². The Morgan fingerprint density at radius 1 is 0.870 bits per heavy atom. The summed E-state index contributed by atoms with van der Waals surface area (Å²) >= 11 is 10.2. The third-order valence-corrected chi connectivity index (χ3v) is 3.17. The number of nitrogens with one attached hydrogen (secondary N) is 4. The summed E-state index contributed by atoms with van der Waals surface area (Å²) in [5.74, 6) is 1.55. The van der Waals surface area contributed by atoms with E-state index in [4.69, 9.17) is 29.2 Å². The summed E-state index contributed by atoms with van der Waals surface area (Å²) in [5, 5.41) is 6.90. The number of ether oxygens (including phenoxy) is 1. The van der Waals surface area contributed by atoms with Gasteiger partial charge in [0.2, 0.25) is 0 Å². The van der Waals surface area contributed by atoms with E-state index in [0.29, 0.717) is 10.2 Å². The molecule has 0 aliphatic rings. The van der Waals surface area contributed by atoms with Crippen LogP contribution in [0, 0.1) is 0 Å². The molecule has 0 aromatic heterocycles. The van der Waals surface area contributed by atoms with Gasteiger partial charge in [0.05, 0.1) is 0 Å². The van der Waals surface area contributed by atoms with Crippen LogP contribution in [0.5, 0.6) is 11.5 Å². The summed E-state index contributed by atoms with van der Waals surface area (Å²) in [4.78, 5) is 0. The van der Waals surface area contributed by atoms with Gasteiger partial charge in [-0.25, -0.2) is 0 Å². The van der Waals surface area contributed by atoms with Gasteiger partial charge in [-0.3, -0.25) is 10.9 Å². The predicted molar refractivity (Wildman–Crippen MR) is 102 cm³/mol. The second-order valence-corrected chi connectivity index (χ2v) is 5.32. The number of thiocarbonyl (C=S) groups is 2. The molecule has 0 aliphatic carbocycles. The summed E-state index contributed by atoms with van der Waals surface area (Å²) < 4.78 is 5.73. The standard InChI is InChI=1S/C16H18N4OS2/c1-2-17-15(22)19-20-16(23)18-12-8-10-14(11-9-12)21-13-6-4-3-5-7-13/h3-11H,2H2,1H3,(H2,17,19,22)(H2,18,20,23). The van der Waals surface area contributed by atoms with Crippen molar-refractivity contribution in [3.63, 3.8) is 0 Å². The number of anilines is 1. The Hall–Kier alpha value is -2.38. The lowest BCUT2D eigenvalue weighted by molar-refractivity contribution is 0.483. The quantitative estimate of drug-likeness (QED) is 0.501. The first-order chi connectivity index (χ1) is 11.2. The second kappa shape index (κ2) is 8.92. The fraction of sp³-hybridized carbons (Fsp3) is 0.125. The van der Waals surface area contributed by atoms with Crippen molar-refractivity contribution in [2.75, 3.05) is 11.9 Å². The summed E-state index contributed by atoms with van der Waals surface area (Å²) in [5.41, 5.74) is 6.44. The SMILES string of the molecule is CCNC(=S)NNC(=S)Nc1ccc(Oc2ccccc2)cc1. The first kappa shape index (κ1) is 17.0. The maximum absolute atomic E-state index is 5.73. The van der Waals surface area contributed by atoms with E-state index in [1.807, 2.05) is 61.5 Å². The molecule has 0 fully saturated rings. The van der Waals surface area contributed by atoms with Crippen molar-refractivity contribution >= 4 is 40.3 Å². The Morgan fingerprint density at radius 3 is 2.13 bits per heavy atom. The maximum atomic E-state index is 5.73. The Kier molecular flexibility index (Phi) is 6.58. The number of hydrogen-bond donors (Lipinski definition) is 4. The van der Waals surface area contributed by atoms with Crippen molar-refractivity contribution in [3.05, 3.63) is 54.6 Å². The molecule has 23 heavy (non-hydrogen) atoms. The molecule has 0 atom stereocenters. The Labute approximate surface area is 146 Å². The molecule has 7 heteroatoms. The van der Waals surface area contributed by atoms with E-state index in [2.05, 4.69) is 21.5 Å². The minimum absolute atomic E-state index is 0.419. The molecule has 2 rings (SSSR count). The molecule has 0 bridgehead atoms. The molecule has 0 heterocycles. The average molecular weight is 346 g/mol. The van der Waals surface area contributed by atoms with Crippen LogP contribution in [0.25, 0.3) is 0 Å². The molecule has 120 valence electrons. The minimum Gasteiger partial charge on any atom is -0.457 e. The van der Waals surface area contributed by atoms with E-state index in [0.717, 1.165) is 23.7 Å². The molecule has 0 saturated carbocycles. The van der Waals surface area contributed by atoms with Crippen LogP contribution >= 0.6 is 24.4 Å². The van der Waals surface area contributed by atoms with Crippen LogP contribution in [0.4, 0.5) is 5.69 Å². The van der Waals surface area contributed by atoms with E-state index in [1.54, 1.807) is 0 Å². The minimum atomic E-state index is 0.419. The van der Waals surface area contributed by atoms with Gasteiger partial charge in [0.1, 0.15) is 11.5 Å². The molecule has 4 N–H and O–H groups in total. The summed E-state index contributed by atoms with van der Waals surface area (Å²) in [6, 6.07) is 17.1. The van der Waals surface area contributed by atoms with E-state index in [9.17, 15) is 0 Å². The van der Waals surface area contributed by atoms with Crippen LogP contribution < -0.4 is 26.2 Å². The van der Waals surface area contributed by atoms with Crippen LogP contribution in [-0.2, 0) is 0 Å². The van der Waals surface area contributed by atoms with Gasteiger partial charge >= 0.3 is 0 Å². The Morgan fingerprint density at radius 2 is 1.48 bits per heavy atom. The summed E-state index contributed by atoms with van der Waals surface area (Å²) in [6.07, 6.45) is 0. The van der Waals surface area contributed by atoms with Gasteiger partial charge in [-0.15, -0.1) is 0 Å². The van der Waals surface area contributed by atoms with Gasteiger partial charge in [-0.05, 0) is 67.8 Å². The molecular weight excluding hydrogens is 328 g/mol. The lowest BCUT2D eigenvalue weighted by Crippen LogP contribution is -2.48. The molecule has 2 aromatic carbocycles. The number of hydrazine groups is 1. The van der Waals surface area contributed by atoms with Crippen molar-refractivity contribution in [2.24, 2.45) is 0 Å². The van der Waals surface area contributed by atoms with Crippen molar-refractivity contribution in [2.45, 2.75) is 6.92 Å². The highest BCUT2D eigenvalue weighted by Gasteiger charge is 2.00. The number of rotatable bonds is 4. The maximum Gasteiger partial charge on any atom is 0.189 e. The highest BCUT2D eigenvalue weighted by Crippen LogP contribution is 2.22. The molecular formula is C16H18N4OS2. The Bertz CT molecular complexity index is 647. The zero-order chi connectivity index (χ0) is 16.5. The molecule has 0 amide bonds. The van der Waals surface area contributed by atoms with E-state index < -0.39 is 0 Å². The number of benzene rings is 2. The third-order valence-electron chi connectivity index (χ3n) is 2.72. The van der Waals surface area contributed by atoms with Crippen LogP contribution in [0.1, 0.15) is 6.92 Å². The first-order valence-corrected chi connectivity index (χ1v) is 7.93. The monoisotopic (exact) mass is 346 g/mol. The normalized spacial score (nSPS) is 9.61. The number of hydrogen-bond acceptors (Lipinski definition) is 3. The van der Waals surface area contributed by atoms with Gasteiger partial charge in [-0.1, -0.05) is 18.2 Å². The van der Waals surface area contributed by atoms with E-state index in [-0.39, 0.29) is 0 Å². The van der Waals surface area contributed by atoms with Gasteiger partial charge in [-0.2, -0.15) is 0 Å². The van der Waals surface area contributed by atoms with Crippen LogP contribution in [-0.4, -0.2) is 16.8 Å². The fourth-order valence-corrected chi connectivity index (χ4v) is 2.08. The van der Waals surface area contributed by atoms with Crippen molar-refractivity contribution < 1.29 is 4.74 Å². The molecule has 0 unspecified atom stereocenters. The van der Waals surface area contributed by atoms with Gasteiger partial charge in [0, 0.05) is 12.2 Å². The Balaban J connectivity index is 1.82. The van der Waals surface area contributed by atoms with E-state index in [1.165, 1.54) is 0 Å². The van der Waals surface area contributed by atoms with Gasteiger partial charge < -0.3 is 15.4 Å². The second-order valence-electron chi connectivity index (χ2n) is 4.50. The lowest BCUT2D eigenvalue weighted by Gasteiger charge is -2.13. The summed E-state index contributed by atoms with van der Waals surface area (Å²) in [6.45, 7) is 2.71. The fourth-order valence-electron chi connectivity index (χ4n) is 1.71. The average Bonchev–Trinajstić information content (AvgIpc) is 2.56. The van der Waals surface area contributed by atoms with Crippen molar-refractivity contribution in [3.8, 4) is 11.5 Å². The molecule has 0 radical (unpaired) electrons. The first-order valence-electron chi connectivity index (χ1n) is 7.11. The zero-order valence-corrected chi connectivity index (χ0v) is 14.3. The smallest absolute Gasteiger partial charge is 0.189 e. The van der Waals surface area contributed by atoms with Gasteiger partial charge in [0.25, 0.3) is 0 Å². The number of para-hydroxylation sites is 1. The van der Waals surface area contributed by atoms with Gasteiger partial charge in [0.15, 0.2) is 10.2 Å². The largest absolute Gasteiger partial charge is 0.457 e. The molecule has 0 spiro atoms. The van der Waals surface area contributed by atoms with E-state index >= 15 is 0 Å². The third kappa shape index (κ3) is 6.09. The highest BCUT2D eigenvalue weighted by atomic mass is 32.1. The zero-order valence-electron chi connectivity index (χ0n) is 12.6. The van der Waals surface area contributed by atoms with Crippen molar-refractivity contribution in [1.29, 1.82) is 0 Å². The van der Waals surface area contributed by atoms with Crippen LogP contribution in [0.2, 0.25) is 0 Å². The summed E-state index contributed by atoms with van der Waals surface area (Å²) in [7, 11) is 0.